The molecule has 11 heteroatoms. The number of hydrogen-bond donors (Lipinski definition) is 0. The Morgan fingerprint density at radius 3 is 1.82 bits per heavy atom. The van der Waals surface area contributed by atoms with Crippen molar-refractivity contribution in [1.29, 1.82) is 0 Å². The Morgan fingerprint density at radius 1 is 0.857 bits per heavy atom. The molecule has 1 fully saturated rings. The summed E-state index contributed by atoms with van der Waals surface area (Å²) in [5, 5.41) is 0. The minimum atomic E-state index is -1.18. The van der Waals surface area contributed by atoms with E-state index in [1.807, 2.05) is 0 Å². The zero-order valence-corrected chi connectivity index (χ0v) is 15.2. The molecule has 0 saturated carbocycles. The van der Waals surface area contributed by atoms with Gasteiger partial charge in [-0.2, -0.15) is 0 Å². The van der Waals surface area contributed by atoms with Gasteiger partial charge in [-0.15, -0.1) is 0 Å². The summed E-state index contributed by atoms with van der Waals surface area (Å²) in [7, 11) is 2.24. The van der Waals surface area contributed by atoms with Crippen molar-refractivity contribution < 1.29 is 47.7 Å². The lowest BCUT2D eigenvalue weighted by Gasteiger charge is -2.22. The lowest BCUT2D eigenvalue weighted by molar-refractivity contribution is -0.156. The van der Waals surface area contributed by atoms with Gasteiger partial charge in [-0.3, -0.25) is 14.5 Å². The quantitative estimate of drug-likeness (QED) is 0.207. The van der Waals surface area contributed by atoms with E-state index in [2.05, 4.69) is 9.47 Å². The Labute approximate surface area is 159 Å². The number of ether oxygens (including phenoxy) is 4. The van der Waals surface area contributed by atoms with E-state index in [9.17, 15) is 28.8 Å². The summed E-state index contributed by atoms with van der Waals surface area (Å²) in [6.07, 6.45) is 2.11. The van der Waals surface area contributed by atoms with Gasteiger partial charge in [0.2, 0.25) is 11.8 Å². The highest BCUT2D eigenvalue weighted by Crippen LogP contribution is 2.13. The first-order valence-electron chi connectivity index (χ1n) is 7.99. The molecule has 0 aromatic heterocycles. The number of rotatable bonds is 9. The van der Waals surface area contributed by atoms with Crippen LogP contribution in [0.15, 0.2) is 24.3 Å². The molecule has 1 aliphatic rings. The van der Waals surface area contributed by atoms with Gasteiger partial charge in [-0.1, -0.05) is 0 Å². The molecule has 0 radical (unpaired) electrons. The fraction of sp³-hybridized carbons (Fsp3) is 0.412. The molecule has 0 N–H and O–H groups in total. The third-order valence-corrected chi connectivity index (χ3v) is 3.35. The van der Waals surface area contributed by atoms with Crippen molar-refractivity contribution in [3.05, 3.63) is 24.3 Å². The van der Waals surface area contributed by atoms with Crippen molar-refractivity contribution in [1.82, 2.24) is 4.90 Å². The highest BCUT2D eigenvalue weighted by molar-refractivity contribution is 6.02. The minimum absolute atomic E-state index is 0.0311. The van der Waals surface area contributed by atoms with E-state index >= 15 is 0 Å². The smallest absolute Gasteiger partial charge is 0.331 e. The molecule has 1 atom stereocenters. The molecule has 1 rings (SSSR count). The van der Waals surface area contributed by atoms with Crippen LogP contribution < -0.4 is 0 Å². The summed E-state index contributed by atoms with van der Waals surface area (Å²) in [5.74, 6) is -4.38. The maximum atomic E-state index is 11.8. The van der Waals surface area contributed by atoms with Gasteiger partial charge in [0.15, 0.2) is 6.10 Å². The predicted octanol–water partition coefficient (Wildman–Crippen LogP) is -0.951. The number of carbonyl (C=O) groups excluding carboxylic acids is 6. The first-order valence-corrected chi connectivity index (χ1v) is 7.99. The van der Waals surface area contributed by atoms with Crippen molar-refractivity contribution in [2.24, 2.45) is 0 Å². The monoisotopic (exact) mass is 397 g/mol. The lowest BCUT2D eigenvalue weighted by atomic mass is 10.3. The number of esters is 4. The number of imide groups is 1. The Hall–Kier alpha value is -3.50. The average Bonchev–Trinajstić information content (AvgIpc) is 2.99. The summed E-state index contributed by atoms with van der Waals surface area (Å²) in [6.45, 7) is -0.831. The highest BCUT2D eigenvalue weighted by atomic mass is 16.6. The van der Waals surface area contributed by atoms with Gasteiger partial charge in [-0.25, -0.2) is 19.2 Å². The minimum Gasteiger partial charge on any atom is -0.466 e. The van der Waals surface area contributed by atoms with E-state index in [0.29, 0.717) is 0 Å². The molecule has 1 unspecified atom stereocenters. The largest absolute Gasteiger partial charge is 0.466 e. The van der Waals surface area contributed by atoms with Crippen LogP contribution in [0.4, 0.5) is 0 Å². The van der Waals surface area contributed by atoms with Gasteiger partial charge in [0.25, 0.3) is 0 Å². The van der Waals surface area contributed by atoms with Crippen molar-refractivity contribution in [2.45, 2.75) is 18.9 Å². The molecule has 1 aliphatic heterocycles. The summed E-state index contributed by atoms with van der Waals surface area (Å²) >= 11 is 0. The third-order valence-electron chi connectivity index (χ3n) is 3.35. The zero-order chi connectivity index (χ0) is 21.1. The molecular formula is C17H19NO10. The first kappa shape index (κ1) is 22.5. The van der Waals surface area contributed by atoms with Gasteiger partial charge in [0, 0.05) is 37.1 Å². The van der Waals surface area contributed by atoms with Crippen LogP contribution in [0, 0.1) is 0 Å². The van der Waals surface area contributed by atoms with Crippen LogP contribution in [-0.2, 0) is 47.7 Å². The number of hydrogen-bond acceptors (Lipinski definition) is 10. The fourth-order valence-corrected chi connectivity index (χ4v) is 1.99. The summed E-state index contributed by atoms with van der Waals surface area (Å²) < 4.78 is 18.5. The van der Waals surface area contributed by atoms with Crippen molar-refractivity contribution in [3.8, 4) is 0 Å². The summed E-state index contributed by atoms with van der Waals surface area (Å²) in [4.78, 5) is 69.7. The van der Waals surface area contributed by atoms with E-state index in [4.69, 9.17) is 9.47 Å². The van der Waals surface area contributed by atoms with Crippen LogP contribution in [0.2, 0.25) is 0 Å². The topological polar surface area (TPSA) is 143 Å². The van der Waals surface area contributed by atoms with Crippen LogP contribution in [0.3, 0.4) is 0 Å². The van der Waals surface area contributed by atoms with E-state index in [1.54, 1.807) is 0 Å². The van der Waals surface area contributed by atoms with Crippen LogP contribution in [0.5, 0.6) is 0 Å². The van der Waals surface area contributed by atoms with Crippen LogP contribution in [0.1, 0.15) is 12.8 Å². The number of likely N-dealkylation sites (tertiary alicyclic amines) is 1. The van der Waals surface area contributed by atoms with Crippen molar-refractivity contribution in [3.63, 3.8) is 0 Å². The van der Waals surface area contributed by atoms with E-state index in [0.717, 1.165) is 43.4 Å². The molecule has 2 amide bonds. The summed E-state index contributed by atoms with van der Waals surface area (Å²) in [5.41, 5.74) is 0. The second kappa shape index (κ2) is 11.3. The molecule has 0 aliphatic carbocycles. The van der Waals surface area contributed by atoms with E-state index in [1.165, 1.54) is 0 Å². The molecule has 0 aromatic carbocycles. The molecule has 0 spiro atoms. The van der Waals surface area contributed by atoms with E-state index < -0.39 is 48.4 Å². The first-order chi connectivity index (χ1) is 13.3. The van der Waals surface area contributed by atoms with Gasteiger partial charge in [-0.05, 0) is 0 Å². The van der Waals surface area contributed by atoms with Gasteiger partial charge < -0.3 is 18.9 Å². The SMILES string of the molecule is COC(=O)/C=C/C(=O)OCC(CN1C(=O)CCC1=O)OC(=O)/C=C/C(=O)OC. The van der Waals surface area contributed by atoms with Gasteiger partial charge >= 0.3 is 23.9 Å². The molecular weight excluding hydrogens is 378 g/mol. The zero-order valence-electron chi connectivity index (χ0n) is 15.2. The predicted molar refractivity (Wildman–Crippen MR) is 89.1 cm³/mol. The summed E-state index contributed by atoms with van der Waals surface area (Å²) in [6, 6.07) is 0. The normalized spacial score (nSPS) is 15.0. The molecule has 1 heterocycles. The second-order valence-corrected chi connectivity index (χ2v) is 5.30. The van der Waals surface area contributed by atoms with Crippen molar-refractivity contribution >= 4 is 35.7 Å². The maximum absolute atomic E-state index is 11.8. The average molecular weight is 397 g/mol. The Bertz CT molecular complexity index is 693. The van der Waals surface area contributed by atoms with Crippen LogP contribution in [-0.4, -0.2) is 74.1 Å². The molecule has 1 saturated heterocycles. The molecule has 152 valence electrons. The van der Waals surface area contributed by atoms with Crippen LogP contribution in [0.25, 0.3) is 0 Å². The Balaban J connectivity index is 2.74. The molecule has 0 aromatic rings. The Morgan fingerprint density at radius 2 is 1.32 bits per heavy atom. The Kier molecular flexibility index (Phi) is 9.07. The van der Waals surface area contributed by atoms with Gasteiger partial charge in [0.05, 0.1) is 20.8 Å². The number of methoxy groups -OCH3 is 2. The number of amides is 2. The highest BCUT2D eigenvalue weighted by Gasteiger charge is 2.32. The van der Waals surface area contributed by atoms with Gasteiger partial charge in [0.1, 0.15) is 6.61 Å². The lowest BCUT2D eigenvalue weighted by Crippen LogP contribution is -2.40. The molecule has 28 heavy (non-hydrogen) atoms. The standard InChI is InChI=1S/C17H19NO10/c1-25-14(21)5-7-16(23)27-10-11(9-18-12(19)3-4-13(18)20)28-17(24)8-6-15(22)26-2/h5-8,11H,3-4,9-10H2,1-2H3/b7-5+,8-6+. The second-order valence-electron chi connectivity index (χ2n) is 5.30. The number of carbonyl (C=O) groups is 6. The molecule has 0 bridgehead atoms. The maximum Gasteiger partial charge on any atom is 0.331 e. The van der Waals surface area contributed by atoms with Crippen molar-refractivity contribution in [2.75, 3.05) is 27.4 Å². The molecule has 11 nitrogen and oxygen atoms in total. The fourth-order valence-electron chi connectivity index (χ4n) is 1.99. The third kappa shape index (κ3) is 7.81. The number of nitrogens with zero attached hydrogens (tertiary/aromatic N) is 1. The van der Waals surface area contributed by atoms with E-state index in [-0.39, 0.29) is 19.4 Å². The van der Waals surface area contributed by atoms with Crippen LogP contribution >= 0.6 is 0 Å².